The topological polar surface area (TPSA) is 69.0 Å². The van der Waals surface area contributed by atoms with Gasteiger partial charge in [-0.15, -0.1) is 0 Å². The van der Waals surface area contributed by atoms with E-state index in [1.807, 2.05) is 35.0 Å². The van der Waals surface area contributed by atoms with Crippen LogP contribution in [0, 0.1) is 0 Å². The number of hydrogen-bond acceptors (Lipinski definition) is 6. The Morgan fingerprint density at radius 1 is 1.12 bits per heavy atom. The molecule has 1 atom stereocenters. The monoisotopic (exact) mass is 322 g/mol. The van der Waals surface area contributed by atoms with Crippen molar-refractivity contribution in [1.82, 2.24) is 24.5 Å². The largest absolute Gasteiger partial charge is 0.370 e. The first-order valence-electron chi connectivity index (χ1n) is 7.95. The van der Waals surface area contributed by atoms with E-state index in [1.165, 1.54) is 0 Å². The van der Waals surface area contributed by atoms with Crippen molar-refractivity contribution in [1.29, 1.82) is 0 Å². The molecule has 4 heterocycles. The van der Waals surface area contributed by atoms with E-state index in [2.05, 4.69) is 24.8 Å². The van der Waals surface area contributed by atoms with E-state index < -0.39 is 0 Å². The highest BCUT2D eigenvalue weighted by atomic mass is 16.5. The van der Waals surface area contributed by atoms with Crippen LogP contribution < -0.4 is 4.90 Å². The third kappa shape index (κ3) is 3.26. The molecule has 3 aromatic heterocycles. The zero-order valence-corrected chi connectivity index (χ0v) is 13.2. The van der Waals surface area contributed by atoms with Gasteiger partial charge in [0.1, 0.15) is 24.3 Å². The molecule has 0 bridgehead atoms. The molecule has 0 saturated carbocycles. The molecule has 0 aromatic carbocycles. The zero-order valence-electron chi connectivity index (χ0n) is 13.2. The molecule has 7 nitrogen and oxygen atoms in total. The minimum atomic E-state index is 0.193. The molecule has 0 spiro atoms. The van der Waals surface area contributed by atoms with Crippen LogP contribution in [-0.4, -0.2) is 43.7 Å². The highest BCUT2D eigenvalue weighted by Crippen LogP contribution is 2.21. The highest BCUT2D eigenvalue weighted by Gasteiger charge is 2.24. The maximum atomic E-state index is 5.98. The predicted octanol–water partition coefficient (Wildman–Crippen LogP) is 1.85. The molecule has 0 amide bonds. The Bertz CT molecular complexity index is 777. The van der Waals surface area contributed by atoms with Crippen LogP contribution >= 0.6 is 0 Å². The van der Waals surface area contributed by atoms with Crippen LogP contribution in [0.2, 0.25) is 0 Å². The van der Waals surface area contributed by atoms with Crippen molar-refractivity contribution in [2.24, 2.45) is 0 Å². The Morgan fingerprint density at radius 3 is 2.92 bits per heavy atom. The van der Waals surface area contributed by atoms with E-state index >= 15 is 0 Å². The number of imidazole rings is 1. The van der Waals surface area contributed by atoms with Crippen molar-refractivity contribution in [3.8, 4) is 5.82 Å². The average molecular weight is 322 g/mol. The molecule has 4 rings (SSSR count). The first kappa shape index (κ1) is 14.8. The molecule has 0 radical (unpaired) electrons. The van der Waals surface area contributed by atoms with Crippen molar-refractivity contribution in [3.05, 3.63) is 61.2 Å². The number of ether oxygens (including phenoxy) is 1. The fourth-order valence-electron chi connectivity index (χ4n) is 2.81. The standard InChI is InChI=1S/C17H18N6O/c1-2-5-19-14(3-1)11-24-15-4-7-22(10-15)16-9-17(21-12-20-16)23-8-6-18-13-23/h1-3,5-6,8-9,12-13,15H,4,7,10-11H2. The predicted molar refractivity (Wildman–Crippen MR) is 88.8 cm³/mol. The van der Waals surface area contributed by atoms with Crippen molar-refractivity contribution in [3.63, 3.8) is 0 Å². The Labute approximate surface area is 140 Å². The normalized spacial score (nSPS) is 17.3. The van der Waals surface area contributed by atoms with Gasteiger partial charge < -0.3 is 9.64 Å². The Kier molecular flexibility index (Phi) is 4.16. The fourth-order valence-corrected chi connectivity index (χ4v) is 2.81. The minimum absolute atomic E-state index is 0.193. The summed E-state index contributed by atoms with van der Waals surface area (Å²) in [5.41, 5.74) is 0.959. The van der Waals surface area contributed by atoms with Gasteiger partial charge in [-0.3, -0.25) is 9.55 Å². The summed E-state index contributed by atoms with van der Waals surface area (Å²) in [6.45, 7) is 2.30. The van der Waals surface area contributed by atoms with Crippen molar-refractivity contribution >= 4 is 5.82 Å². The number of hydrogen-bond donors (Lipinski definition) is 0. The van der Waals surface area contributed by atoms with Crippen molar-refractivity contribution in [2.75, 3.05) is 18.0 Å². The van der Waals surface area contributed by atoms with Crippen LogP contribution in [0.15, 0.2) is 55.5 Å². The third-order valence-electron chi connectivity index (χ3n) is 4.07. The van der Waals surface area contributed by atoms with Crippen molar-refractivity contribution in [2.45, 2.75) is 19.1 Å². The molecular formula is C17H18N6O. The molecule has 1 aliphatic rings. The van der Waals surface area contributed by atoms with Gasteiger partial charge in [-0.25, -0.2) is 15.0 Å². The first-order valence-corrected chi connectivity index (χ1v) is 7.95. The lowest BCUT2D eigenvalue weighted by Crippen LogP contribution is -2.24. The lowest BCUT2D eigenvalue weighted by molar-refractivity contribution is 0.0533. The first-order chi connectivity index (χ1) is 11.9. The summed E-state index contributed by atoms with van der Waals surface area (Å²) in [7, 11) is 0. The number of pyridine rings is 1. The molecule has 1 aliphatic heterocycles. The molecule has 3 aromatic rings. The quantitative estimate of drug-likeness (QED) is 0.714. The zero-order chi connectivity index (χ0) is 16.2. The minimum Gasteiger partial charge on any atom is -0.370 e. The van der Waals surface area contributed by atoms with Crippen molar-refractivity contribution < 1.29 is 4.74 Å². The third-order valence-corrected chi connectivity index (χ3v) is 4.07. The molecule has 122 valence electrons. The molecule has 1 saturated heterocycles. The Hall–Kier alpha value is -2.80. The summed E-state index contributed by atoms with van der Waals surface area (Å²) in [5, 5.41) is 0. The van der Waals surface area contributed by atoms with E-state index in [4.69, 9.17) is 4.74 Å². The second-order valence-corrected chi connectivity index (χ2v) is 5.69. The smallest absolute Gasteiger partial charge is 0.143 e. The fraction of sp³-hybridized carbons (Fsp3) is 0.294. The second-order valence-electron chi connectivity index (χ2n) is 5.69. The summed E-state index contributed by atoms with van der Waals surface area (Å²) in [6.07, 6.45) is 9.89. The molecule has 1 unspecified atom stereocenters. The maximum Gasteiger partial charge on any atom is 0.143 e. The van der Waals surface area contributed by atoms with Gasteiger partial charge in [-0.1, -0.05) is 6.07 Å². The molecule has 1 fully saturated rings. The average Bonchev–Trinajstić information content (AvgIpc) is 3.33. The summed E-state index contributed by atoms with van der Waals surface area (Å²) >= 11 is 0. The Balaban J connectivity index is 1.39. The van der Waals surface area contributed by atoms with E-state index in [0.717, 1.165) is 36.8 Å². The number of anilines is 1. The van der Waals surface area contributed by atoms with Gasteiger partial charge in [0, 0.05) is 37.7 Å². The van der Waals surface area contributed by atoms with Gasteiger partial charge in [0.15, 0.2) is 0 Å². The van der Waals surface area contributed by atoms with Gasteiger partial charge in [0.2, 0.25) is 0 Å². The lowest BCUT2D eigenvalue weighted by atomic mass is 10.3. The Morgan fingerprint density at radius 2 is 2.08 bits per heavy atom. The number of aromatic nitrogens is 5. The van der Waals surface area contributed by atoms with E-state index in [1.54, 1.807) is 25.0 Å². The molecule has 7 heteroatoms. The summed E-state index contributed by atoms with van der Waals surface area (Å²) in [6, 6.07) is 7.84. The van der Waals surface area contributed by atoms with E-state index in [0.29, 0.717) is 6.61 Å². The summed E-state index contributed by atoms with van der Waals surface area (Å²) in [4.78, 5) is 19.3. The lowest BCUT2D eigenvalue weighted by Gasteiger charge is -2.18. The maximum absolute atomic E-state index is 5.98. The van der Waals surface area contributed by atoms with Gasteiger partial charge >= 0.3 is 0 Å². The summed E-state index contributed by atoms with van der Waals surface area (Å²) < 4.78 is 7.85. The van der Waals surface area contributed by atoms with Crippen LogP contribution in [0.4, 0.5) is 5.82 Å². The summed E-state index contributed by atoms with van der Waals surface area (Å²) in [5.74, 6) is 1.73. The van der Waals surface area contributed by atoms with Gasteiger partial charge in [0.25, 0.3) is 0 Å². The highest BCUT2D eigenvalue weighted by molar-refractivity contribution is 5.44. The van der Waals surface area contributed by atoms with Crippen LogP contribution in [0.1, 0.15) is 12.1 Å². The molecule has 24 heavy (non-hydrogen) atoms. The molecule has 0 aliphatic carbocycles. The second kappa shape index (κ2) is 6.76. The van der Waals surface area contributed by atoms with E-state index in [9.17, 15) is 0 Å². The number of rotatable bonds is 5. The van der Waals surface area contributed by atoms with E-state index in [-0.39, 0.29) is 6.10 Å². The van der Waals surface area contributed by atoms with Crippen LogP contribution in [0.25, 0.3) is 5.82 Å². The van der Waals surface area contributed by atoms with Crippen LogP contribution in [0.5, 0.6) is 0 Å². The number of nitrogens with zero attached hydrogens (tertiary/aromatic N) is 6. The molecule has 0 N–H and O–H groups in total. The van der Waals surface area contributed by atoms with Crippen LogP contribution in [-0.2, 0) is 11.3 Å². The van der Waals surface area contributed by atoms with Gasteiger partial charge in [0.05, 0.1) is 18.4 Å². The SMILES string of the molecule is c1ccc(COC2CCN(c3cc(-n4ccnc4)ncn3)C2)nc1. The van der Waals surface area contributed by atoms with Crippen LogP contribution in [0.3, 0.4) is 0 Å². The van der Waals surface area contributed by atoms with Gasteiger partial charge in [-0.2, -0.15) is 0 Å². The molecular weight excluding hydrogens is 304 g/mol. The van der Waals surface area contributed by atoms with Gasteiger partial charge in [-0.05, 0) is 18.6 Å².